The van der Waals surface area contributed by atoms with E-state index in [1.54, 1.807) is 18.2 Å². The third-order valence-electron chi connectivity index (χ3n) is 5.39. The summed E-state index contributed by atoms with van der Waals surface area (Å²) in [5.74, 6) is -0.637. The second-order valence-corrected chi connectivity index (χ2v) is 6.89. The summed E-state index contributed by atoms with van der Waals surface area (Å²) in [5.41, 5.74) is 2.70. The van der Waals surface area contributed by atoms with Gasteiger partial charge in [0.25, 0.3) is 11.8 Å². The van der Waals surface area contributed by atoms with Crippen molar-refractivity contribution in [2.75, 3.05) is 4.90 Å². The predicted molar refractivity (Wildman–Crippen MR) is 101 cm³/mol. The monoisotopic (exact) mass is 355 g/mol. The molecule has 132 valence electrons. The lowest BCUT2D eigenvalue weighted by Crippen LogP contribution is -2.58. The van der Waals surface area contributed by atoms with Crippen LogP contribution in [0.2, 0.25) is 0 Å². The zero-order chi connectivity index (χ0) is 18.4. The normalized spacial score (nSPS) is 21.1. The minimum atomic E-state index is -1.19. The molecular formula is C23H17NO3. The van der Waals surface area contributed by atoms with Crippen LogP contribution in [0.1, 0.15) is 27.0 Å². The van der Waals surface area contributed by atoms with Crippen molar-refractivity contribution in [3.63, 3.8) is 0 Å². The molecule has 2 aliphatic rings. The fraction of sp³-hybridized carbons (Fsp3) is 0.130. The number of rotatable bonds is 1. The third kappa shape index (κ3) is 2.27. The fourth-order valence-corrected chi connectivity index (χ4v) is 4.04. The highest BCUT2D eigenvalue weighted by Crippen LogP contribution is 2.43. The van der Waals surface area contributed by atoms with Gasteiger partial charge in [-0.1, -0.05) is 60.7 Å². The molecule has 0 fully saturated rings. The fourth-order valence-electron chi connectivity index (χ4n) is 4.04. The van der Waals surface area contributed by atoms with Crippen molar-refractivity contribution in [2.45, 2.75) is 18.6 Å². The van der Waals surface area contributed by atoms with Crippen LogP contribution in [0.25, 0.3) is 0 Å². The number of nitrogens with zero attached hydrogens (tertiary/aromatic N) is 1. The van der Waals surface area contributed by atoms with Crippen molar-refractivity contribution < 1.29 is 14.3 Å². The van der Waals surface area contributed by atoms with Crippen molar-refractivity contribution >= 4 is 17.5 Å². The summed E-state index contributed by atoms with van der Waals surface area (Å²) in [7, 11) is 0. The number of hydrogen-bond acceptors (Lipinski definition) is 3. The highest BCUT2D eigenvalue weighted by Gasteiger charge is 2.53. The van der Waals surface area contributed by atoms with Crippen LogP contribution < -0.4 is 4.90 Å². The molecule has 27 heavy (non-hydrogen) atoms. The van der Waals surface area contributed by atoms with E-state index in [-0.39, 0.29) is 11.8 Å². The summed E-state index contributed by atoms with van der Waals surface area (Å²) in [6.07, 6.45) is 0.412. The third-order valence-corrected chi connectivity index (χ3v) is 5.39. The van der Waals surface area contributed by atoms with Gasteiger partial charge >= 0.3 is 0 Å². The maximum Gasteiger partial charge on any atom is 0.271 e. The number of imide groups is 1. The van der Waals surface area contributed by atoms with Gasteiger partial charge in [0.2, 0.25) is 0 Å². The van der Waals surface area contributed by atoms with Crippen molar-refractivity contribution in [3.8, 4) is 0 Å². The standard InChI is InChI=1S/C23H17NO3/c25-21-19-12-6-7-13-20(19)23(14-16-8-4-5-9-17(16)15-27-23)22(26)24(21)18-10-2-1-3-11-18/h1-13H,14-15H2/t23-/m1/s1. The summed E-state index contributed by atoms with van der Waals surface area (Å²) in [4.78, 5) is 28.1. The molecule has 0 radical (unpaired) electrons. The van der Waals surface area contributed by atoms with Crippen LogP contribution in [0.5, 0.6) is 0 Å². The quantitative estimate of drug-likeness (QED) is 0.623. The largest absolute Gasteiger partial charge is 0.355 e. The van der Waals surface area contributed by atoms with E-state index in [0.29, 0.717) is 29.8 Å². The lowest BCUT2D eigenvalue weighted by molar-refractivity contribution is -0.150. The molecule has 0 saturated heterocycles. The molecule has 0 unspecified atom stereocenters. The summed E-state index contributed by atoms with van der Waals surface area (Å²) >= 11 is 0. The molecule has 0 saturated carbocycles. The van der Waals surface area contributed by atoms with E-state index < -0.39 is 5.60 Å². The zero-order valence-electron chi connectivity index (χ0n) is 14.6. The number of ether oxygens (including phenoxy) is 1. The Morgan fingerprint density at radius 2 is 1.44 bits per heavy atom. The number of anilines is 1. The summed E-state index contributed by atoms with van der Waals surface area (Å²) in [5, 5.41) is 0. The molecule has 0 aliphatic carbocycles. The van der Waals surface area contributed by atoms with Gasteiger partial charge in [-0.2, -0.15) is 0 Å². The predicted octanol–water partition coefficient (Wildman–Crippen LogP) is 3.84. The van der Waals surface area contributed by atoms with E-state index in [1.165, 1.54) is 4.90 Å². The maximum atomic E-state index is 13.7. The molecule has 5 rings (SSSR count). The van der Waals surface area contributed by atoms with Gasteiger partial charge in [-0.3, -0.25) is 9.59 Å². The van der Waals surface area contributed by atoms with Gasteiger partial charge < -0.3 is 4.74 Å². The number of hydrogen-bond donors (Lipinski definition) is 0. The Hall–Kier alpha value is -3.24. The van der Waals surface area contributed by atoms with Gasteiger partial charge in [0.15, 0.2) is 5.60 Å². The van der Waals surface area contributed by atoms with E-state index in [9.17, 15) is 9.59 Å². The summed E-state index contributed by atoms with van der Waals surface area (Å²) in [6, 6.07) is 24.3. The van der Waals surface area contributed by atoms with Gasteiger partial charge in [-0.25, -0.2) is 4.90 Å². The number of benzene rings is 3. The molecule has 3 aromatic carbocycles. The minimum absolute atomic E-state index is 0.310. The van der Waals surface area contributed by atoms with Crippen molar-refractivity contribution in [3.05, 3.63) is 101 Å². The first-order valence-electron chi connectivity index (χ1n) is 8.95. The first kappa shape index (κ1) is 16.0. The van der Waals surface area contributed by atoms with Gasteiger partial charge in [0, 0.05) is 17.5 Å². The molecule has 1 atom stereocenters. The molecule has 4 nitrogen and oxygen atoms in total. The van der Waals surface area contributed by atoms with E-state index in [2.05, 4.69) is 0 Å². The van der Waals surface area contributed by atoms with Gasteiger partial charge in [-0.05, 0) is 29.3 Å². The van der Waals surface area contributed by atoms with Crippen LogP contribution in [0.4, 0.5) is 5.69 Å². The second kappa shape index (κ2) is 5.89. The van der Waals surface area contributed by atoms with Crippen LogP contribution in [0.3, 0.4) is 0 Å². The van der Waals surface area contributed by atoms with Crippen molar-refractivity contribution in [2.24, 2.45) is 0 Å². The summed E-state index contributed by atoms with van der Waals surface area (Å²) < 4.78 is 6.23. The van der Waals surface area contributed by atoms with Crippen molar-refractivity contribution in [1.29, 1.82) is 0 Å². The molecule has 2 aliphatic heterocycles. The number of para-hydroxylation sites is 1. The van der Waals surface area contributed by atoms with Crippen LogP contribution in [-0.2, 0) is 28.2 Å². The lowest BCUT2D eigenvalue weighted by Gasteiger charge is -2.44. The van der Waals surface area contributed by atoms with Crippen LogP contribution in [0, 0.1) is 0 Å². The molecular weight excluding hydrogens is 338 g/mol. The van der Waals surface area contributed by atoms with E-state index in [0.717, 1.165) is 11.1 Å². The van der Waals surface area contributed by atoms with E-state index in [1.807, 2.05) is 60.7 Å². The maximum absolute atomic E-state index is 13.7. The Bertz CT molecular complexity index is 1060. The Kier molecular flexibility index (Phi) is 3.49. The molecule has 2 heterocycles. The number of amides is 2. The SMILES string of the molecule is O=C1c2ccccc2[C@]2(Cc3ccccc3CO2)C(=O)N1c1ccccc1. The molecule has 3 aromatic rings. The molecule has 0 aromatic heterocycles. The number of carbonyl (C=O) groups is 2. The Labute approximate surface area is 157 Å². The smallest absolute Gasteiger partial charge is 0.271 e. The molecule has 0 bridgehead atoms. The average Bonchev–Trinajstić information content (AvgIpc) is 2.73. The molecule has 4 heteroatoms. The Morgan fingerprint density at radius 3 is 2.26 bits per heavy atom. The van der Waals surface area contributed by atoms with Crippen LogP contribution >= 0.6 is 0 Å². The first-order valence-corrected chi connectivity index (χ1v) is 8.95. The number of carbonyl (C=O) groups excluding carboxylic acids is 2. The topological polar surface area (TPSA) is 46.6 Å². The Morgan fingerprint density at radius 1 is 0.778 bits per heavy atom. The highest BCUT2D eigenvalue weighted by atomic mass is 16.5. The van der Waals surface area contributed by atoms with Gasteiger partial charge in [0.05, 0.1) is 12.3 Å². The minimum Gasteiger partial charge on any atom is -0.355 e. The van der Waals surface area contributed by atoms with Crippen LogP contribution in [-0.4, -0.2) is 11.8 Å². The zero-order valence-corrected chi connectivity index (χ0v) is 14.6. The van der Waals surface area contributed by atoms with Crippen LogP contribution in [0.15, 0.2) is 78.9 Å². The van der Waals surface area contributed by atoms with Gasteiger partial charge in [-0.15, -0.1) is 0 Å². The average molecular weight is 355 g/mol. The lowest BCUT2D eigenvalue weighted by atomic mass is 9.77. The summed E-state index contributed by atoms with van der Waals surface area (Å²) in [6.45, 7) is 0.340. The highest BCUT2D eigenvalue weighted by molar-refractivity contribution is 6.27. The van der Waals surface area contributed by atoms with E-state index in [4.69, 9.17) is 4.74 Å². The van der Waals surface area contributed by atoms with E-state index >= 15 is 0 Å². The molecule has 0 N–H and O–H groups in total. The van der Waals surface area contributed by atoms with Crippen molar-refractivity contribution in [1.82, 2.24) is 0 Å². The molecule has 2 amide bonds. The Balaban J connectivity index is 1.72. The van der Waals surface area contributed by atoms with Gasteiger partial charge in [0.1, 0.15) is 0 Å². The number of fused-ring (bicyclic) bond motifs is 3. The first-order chi connectivity index (χ1) is 13.2. The second-order valence-electron chi connectivity index (χ2n) is 6.89. The molecule has 1 spiro atoms.